The lowest BCUT2D eigenvalue weighted by atomic mass is 10.1. The number of carbonyl (C=O) groups is 1. The predicted octanol–water partition coefficient (Wildman–Crippen LogP) is 4.12. The molecule has 6 heteroatoms. The fourth-order valence-electron chi connectivity index (χ4n) is 2.73. The van der Waals surface area contributed by atoms with Gasteiger partial charge in [0, 0.05) is 0 Å². The molecular weight excluding hydrogens is 328 g/mol. The molecule has 0 atom stereocenters. The predicted molar refractivity (Wildman–Crippen MR) is 97.9 cm³/mol. The van der Waals surface area contributed by atoms with E-state index < -0.39 is 0 Å². The van der Waals surface area contributed by atoms with Crippen molar-refractivity contribution in [3.8, 4) is 17.3 Å². The zero-order valence-electron chi connectivity index (χ0n) is 14.4. The van der Waals surface area contributed by atoms with Crippen molar-refractivity contribution >= 4 is 16.8 Å². The number of benzene rings is 2. The van der Waals surface area contributed by atoms with Crippen molar-refractivity contribution in [1.82, 2.24) is 19.7 Å². The molecule has 0 bridgehead atoms. The second kappa shape index (κ2) is 6.40. The van der Waals surface area contributed by atoms with Gasteiger partial charge in [-0.25, -0.2) is 14.6 Å². The first-order valence-corrected chi connectivity index (χ1v) is 8.17. The van der Waals surface area contributed by atoms with Crippen molar-refractivity contribution in [2.75, 3.05) is 0 Å². The van der Waals surface area contributed by atoms with Gasteiger partial charge in [-0.2, -0.15) is 5.10 Å². The molecule has 4 aromatic rings. The quantitative estimate of drug-likeness (QED) is 0.521. The molecule has 2 aromatic heterocycles. The number of aryl methyl sites for hydroxylation is 1. The van der Waals surface area contributed by atoms with Crippen molar-refractivity contribution in [2.45, 2.75) is 13.8 Å². The van der Waals surface area contributed by atoms with Gasteiger partial charge in [0.2, 0.25) is 5.88 Å². The normalized spacial score (nSPS) is 10.8. The van der Waals surface area contributed by atoms with E-state index in [2.05, 4.69) is 15.1 Å². The van der Waals surface area contributed by atoms with E-state index in [1.807, 2.05) is 37.3 Å². The van der Waals surface area contributed by atoms with Gasteiger partial charge in [-0.3, -0.25) is 4.79 Å². The molecule has 6 nitrogen and oxygen atoms in total. The SMILES string of the molecule is CC(=O)c1ccccc1Oc1ncnc2c1cnn2-c1ccc(C)cc1. The third-order valence-corrected chi connectivity index (χ3v) is 4.08. The van der Waals surface area contributed by atoms with Crippen LogP contribution in [0.1, 0.15) is 22.8 Å². The smallest absolute Gasteiger partial charge is 0.233 e. The average molecular weight is 344 g/mol. The second-order valence-electron chi connectivity index (χ2n) is 5.96. The minimum Gasteiger partial charge on any atom is -0.437 e. The Morgan fingerprint density at radius 2 is 1.81 bits per heavy atom. The number of hydrogen-bond acceptors (Lipinski definition) is 5. The molecule has 128 valence electrons. The van der Waals surface area contributed by atoms with Gasteiger partial charge < -0.3 is 4.74 Å². The number of rotatable bonds is 4. The van der Waals surface area contributed by atoms with Gasteiger partial charge in [-0.15, -0.1) is 0 Å². The molecule has 0 N–H and O–H groups in total. The lowest BCUT2D eigenvalue weighted by Gasteiger charge is -2.09. The zero-order chi connectivity index (χ0) is 18.1. The molecule has 2 heterocycles. The van der Waals surface area contributed by atoms with Crippen LogP contribution in [0, 0.1) is 6.92 Å². The molecule has 0 radical (unpaired) electrons. The van der Waals surface area contributed by atoms with Gasteiger partial charge in [-0.1, -0.05) is 29.8 Å². The highest BCUT2D eigenvalue weighted by Crippen LogP contribution is 2.29. The van der Waals surface area contributed by atoms with E-state index in [9.17, 15) is 4.79 Å². The van der Waals surface area contributed by atoms with Gasteiger partial charge in [-0.05, 0) is 38.1 Å². The van der Waals surface area contributed by atoms with E-state index in [1.165, 1.54) is 18.8 Å². The Balaban J connectivity index is 1.79. The number of ether oxygens (including phenoxy) is 1. The number of ketones is 1. The fraction of sp³-hybridized carbons (Fsp3) is 0.100. The summed E-state index contributed by atoms with van der Waals surface area (Å²) in [5, 5.41) is 5.09. The Bertz CT molecular complexity index is 1100. The summed E-state index contributed by atoms with van der Waals surface area (Å²) in [4.78, 5) is 20.4. The zero-order valence-corrected chi connectivity index (χ0v) is 14.4. The standard InChI is InChI=1S/C20H16N4O2/c1-13-7-9-15(10-8-13)24-19-17(11-23-24)20(22-12-21-19)26-18-6-4-3-5-16(18)14(2)25/h3-12H,1-2H3. The van der Waals surface area contributed by atoms with Gasteiger partial charge >= 0.3 is 0 Å². The molecule has 4 rings (SSSR count). The molecule has 26 heavy (non-hydrogen) atoms. The summed E-state index contributed by atoms with van der Waals surface area (Å²) in [6, 6.07) is 15.1. The molecule has 0 fully saturated rings. The first kappa shape index (κ1) is 16.0. The average Bonchev–Trinajstić information content (AvgIpc) is 3.08. The molecule has 0 aliphatic heterocycles. The van der Waals surface area contributed by atoms with Crippen LogP contribution < -0.4 is 4.74 Å². The monoisotopic (exact) mass is 344 g/mol. The topological polar surface area (TPSA) is 69.9 Å². The number of aromatic nitrogens is 4. The largest absolute Gasteiger partial charge is 0.437 e. The van der Waals surface area contributed by atoms with Crippen LogP contribution >= 0.6 is 0 Å². The number of hydrogen-bond donors (Lipinski definition) is 0. The summed E-state index contributed by atoms with van der Waals surface area (Å²) >= 11 is 0. The van der Waals surface area contributed by atoms with Crippen LogP contribution in [0.15, 0.2) is 61.1 Å². The minimum absolute atomic E-state index is 0.0683. The van der Waals surface area contributed by atoms with Crippen LogP contribution in [-0.2, 0) is 0 Å². The third-order valence-electron chi connectivity index (χ3n) is 4.08. The number of nitrogens with zero attached hydrogens (tertiary/aromatic N) is 4. The Morgan fingerprint density at radius 3 is 2.58 bits per heavy atom. The van der Waals surface area contributed by atoms with Crippen LogP contribution in [0.25, 0.3) is 16.7 Å². The van der Waals surface area contributed by atoms with E-state index >= 15 is 0 Å². The highest BCUT2D eigenvalue weighted by molar-refractivity contribution is 5.97. The van der Waals surface area contributed by atoms with Crippen molar-refractivity contribution in [3.63, 3.8) is 0 Å². The van der Waals surface area contributed by atoms with Crippen molar-refractivity contribution < 1.29 is 9.53 Å². The Hall–Kier alpha value is -3.54. The molecule has 0 amide bonds. The summed E-state index contributed by atoms with van der Waals surface area (Å²) in [5.41, 5.74) is 3.22. The van der Waals surface area contributed by atoms with Gasteiger partial charge in [0.05, 0.1) is 17.4 Å². The highest BCUT2D eigenvalue weighted by atomic mass is 16.5. The van der Waals surface area contributed by atoms with Crippen LogP contribution in [-0.4, -0.2) is 25.5 Å². The molecule has 0 saturated carbocycles. The molecular formula is C20H16N4O2. The first-order chi connectivity index (χ1) is 12.6. The number of Topliss-reactive ketones (excluding diaryl/α,β-unsaturated/α-hetero) is 1. The van der Waals surface area contributed by atoms with E-state index in [0.29, 0.717) is 28.2 Å². The number of para-hydroxylation sites is 1. The summed E-state index contributed by atoms with van der Waals surface area (Å²) in [6.45, 7) is 3.54. The first-order valence-electron chi connectivity index (χ1n) is 8.17. The lowest BCUT2D eigenvalue weighted by molar-refractivity contribution is 0.101. The summed E-state index contributed by atoms with van der Waals surface area (Å²) in [7, 11) is 0. The molecule has 0 unspecified atom stereocenters. The number of fused-ring (bicyclic) bond motifs is 1. The Labute approximate surface area is 150 Å². The highest BCUT2D eigenvalue weighted by Gasteiger charge is 2.15. The lowest BCUT2D eigenvalue weighted by Crippen LogP contribution is -2.00. The summed E-state index contributed by atoms with van der Waals surface area (Å²) in [5.74, 6) is 0.756. The van der Waals surface area contributed by atoms with Crippen molar-refractivity contribution in [1.29, 1.82) is 0 Å². The van der Waals surface area contributed by atoms with E-state index in [4.69, 9.17) is 4.74 Å². The van der Waals surface area contributed by atoms with Gasteiger partial charge in [0.25, 0.3) is 0 Å². The summed E-state index contributed by atoms with van der Waals surface area (Å²) < 4.78 is 7.66. The van der Waals surface area contributed by atoms with Crippen LogP contribution in [0.2, 0.25) is 0 Å². The molecule has 2 aromatic carbocycles. The van der Waals surface area contributed by atoms with Crippen molar-refractivity contribution in [3.05, 3.63) is 72.2 Å². The maximum absolute atomic E-state index is 11.8. The minimum atomic E-state index is -0.0683. The van der Waals surface area contributed by atoms with E-state index in [1.54, 1.807) is 29.1 Å². The summed E-state index contributed by atoms with van der Waals surface area (Å²) in [6.07, 6.45) is 3.10. The van der Waals surface area contributed by atoms with Gasteiger partial charge in [0.15, 0.2) is 11.4 Å². The number of carbonyl (C=O) groups excluding carboxylic acids is 1. The molecule has 0 aliphatic rings. The van der Waals surface area contributed by atoms with Crippen LogP contribution in [0.4, 0.5) is 0 Å². The van der Waals surface area contributed by atoms with Gasteiger partial charge in [0.1, 0.15) is 17.5 Å². The Kier molecular flexibility index (Phi) is 3.93. The Morgan fingerprint density at radius 1 is 1.04 bits per heavy atom. The maximum atomic E-state index is 11.8. The molecule has 0 aliphatic carbocycles. The van der Waals surface area contributed by atoms with Crippen molar-refractivity contribution in [2.24, 2.45) is 0 Å². The van der Waals surface area contributed by atoms with E-state index in [-0.39, 0.29) is 5.78 Å². The molecule has 0 spiro atoms. The van der Waals surface area contributed by atoms with E-state index in [0.717, 1.165) is 5.69 Å². The van der Waals surface area contributed by atoms with Crippen LogP contribution in [0.5, 0.6) is 11.6 Å². The molecule has 0 saturated heterocycles. The third kappa shape index (κ3) is 2.82. The maximum Gasteiger partial charge on any atom is 0.233 e. The second-order valence-corrected chi connectivity index (χ2v) is 5.96. The van der Waals surface area contributed by atoms with Crippen LogP contribution in [0.3, 0.4) is 0 Å². The fourth-order valence-corrected chi connectivity index (χ4v) is 2.73.